The van der Waals surface area contributed by atoms with Gasteiger partial charge < -0.3 is 15.4 Å². The van der Waals surface area contributed by atoms with Crippen LogP contribution < -0.4 is 15.4 Å². The molecule has 6 heteroatoms. The fourth-order valence-electron chi connectivity index (χ4n) is 2.57. The van der Waals surface area contributed by atoms with E-state index in [0.717, 1.165) is 23.7 Å². The van der Waals surface area contributed by atoms with Gasteiger partial charge in [0, 0.05) is 11.9 Å². The van der Waals surface area contributed by atoms with E-state index in [1.807, 2.05) is 54.2 Å². The van der Waals surface area contributed by atoms with Crippen LogP contribution >= 0.6 is 12.2 Å². The Morgan fingerprint density at radius 3 is 2.54 bits per heavy atom. The molecule has 134 valence electrons. The summed E-state index contributed by atoms with van der Waals surface area (Å²) >= 11 is 5.37. The molecule has 1 aromatic heterocycles. The molecule has 0 amide bonds. The molecule has 0 bridgehead atoms. The number of hydrogen-bond donors (Lipinski definition) is 2. The summed E-state index contributed by atoms with van der Waals surface area (Å²) in [7, 11) is 0. The monoisotopic (exact) mass is 366 g/mol. The van der Waals surface area contributed by atoms with Gasteiger partial charge in [0.15, 0.2) is 5.11 Å². The van der Waals surface area contributed by atoms with Crippen molar-refractivity contribution in [1.82, 2.24) is 9.78 Å². The van der Waals surface area contributed by atoms with Crippen LogP contribution in [0.25, 0.3) is 0 Å². The van der Waals surface area contributed by atoms with Crippen molar-refractivity contribution in [1.29, 1.82) is 0 Å². The van der Waals surface area contributed by atoms with Crippen LogP contribution in [0.1, 0.15) is 18.1 Å². The lowest BCUT2D eigenvalue weighted by Gasteiger charge is -2.10. The third kappa shape index (κ3) is 4.83. The molecule has 2 aromatic carbocycles. The quantitative estimate of drug-likeness (QED) is 0.631. The van der Waals surface area contributed by atoms with Crippen LogP contribution in [0.4, 0.5) is 11.4 Å². The number of aryl methyl sites for hydroxylation is 1. The molecule has 1 heterocycles. The van der Waals surface area contributed by atoms with E-state index in [9.17, 15) is 0 Å². The van der Waals surface area contributed by atoms with Gasteiger partial charge in [-0.25, -0.2) is 0 Å². The van der Waals surface area contributed by atoms with Gasteiger partial charge in [0.25, 0.3) is 0 Å². The third-order valence-electron chi connectivity index (χ3n) is 3.91. The van der Waals surface area contributed by atoms with Crippen LogP contribution in [0.15, 0.2) is 60.9 Å². The molecule has 0 saturated heterocycles. The Labute approximate surface area is 159 Å². The molecule has 3 aromatic rings. The van der Waals surface area contributed by atoms with Gasteiger partial charge in [0.1, 0.15) is 5.75 Å². The maximum Gasteiger partial charge on any atom is 0.175 e. The number of nitrogens with zero attached hydrogens (tertiary/aromatic N) is 2. The second kappa shape index (κ2) is 8.49. The van der Waals surface area contributed by atoms with Crippen LogP contribution in [0.2, 0.25) is 0 Å². The van der Waals surface area contributed by atoms with Gasteiger partial charge in [-0.2, -0.15) is 5.10 Å². The Kier molecular flexibility index (Phi) is 5.86. The molecule has 3 rings (SSSR count). The lowest BCUT2D eigenvalue weighted by Crippen LogP contribution is -2.18. The van der Waals surface area contributed by atoms with E-state index in [2.05, 4.69) is 34.8 Å². The van der Waals surface area contributed by atoms with Crippen LogP contribution in [-0.2, 0) is 6.54 Å². The highest BCUT2D eigenvalue weighted by Crippen LogP contribution is 2.16. The smallest absolute Gasteiger partial charge is 0.175 e. The molecular formula is C20H22N4OS. The Bertz CT molecular complexity index is 874. The Morgan fingerprint density at radius 2 is 1.81 bits per heavy atom. The number of rotatable bonds is 6. The Morgan fingerprint density at radius 1 is 1.08 bits per heavy atom. The minimum atomic E-state index is 0.518. The molecule has 0 fully saturated rings. The zero-order valence-electron chi connectivity index (χ0n) is 14.9. The number of aromatic nitrogens is 2. The summed E-state index contributed by atoms with van der Waals surface area (Å²) in [6.45, 7) is 5.45. The highest BCUT2D eigenvalue weighted by molar-refractivity contribution is 7.80. The summed E-state index contributed by atoms with van der Waals surface area (Å²) in [6.07, 6.45) is 3.71. The minimum Gasteiger partial charge on any atom is -0.494 e. The highest BCUT2D eigenvalue weighted by Gasteiger charge is 2.04. The normalized spacial score (nSPS) is 10.4. The predicted octanol–water partition coefficient (Wildman–Crippen LogP) is 4.45. The van der Waals surface area contributed by atoms with Gasteiger partial charge >= 0.3 is 0 Å². The molecule has 2 N–H and O–H groups in total. The molecular weight excluding hydrogens is 344 g/mol. The largest absolute Gasteiger partial charge is 0.494 e. The van der Waals surface area contributed by atoms with Crippen molar-refractivity contribution in [3.8, 4) is 5.75 Å². The highest BCUT2D eigenvalue weighted by atomic mass is 32.1. The molecule has 26 heavy (non-hydrogen) atoms. The van der Waals surface area contributed by atoms with Crippen molar-refractivity contribution in [2.24, 2.45) is 0 Å². The summed E-state index contributed by atoms with van der Waals surface area (Å²) < 4.78 is 7.33. The van der Waals surface area contributed by atoms with E-state index in [0.29, 0.717) is 11.7 Å². The van der Waals surface area contributed by atoms with Gasteiger partial charge in [-0.1, -0.05) is 24.3 Å². The number of benzene rings is 2. The average Bonchev–Trinajstić information content (AvgIpc) is 3.06. The zero-order chi connectivity index (χ0) is 18.4. The fraction of sp³-hybridized carbons (Fsp3) is 0.200. The second-order valence-corrected chi connectivity index (χ2v) is 6.30. The number of anilines is 2. The van der Waals surface area contributed by atoms with Crippen LogP contribution in [0, 0.1) is 6.92 Å². The summed E-state index contributed by atoms with van der Waals surface area (Å²) in [6, 6.07) is 16.0. The van der Waals surface area contributed by atoms with Gasteiger partial charge in [0.05, 0.1) is 25.0 Å². The first-order valence-electron chi connectivity index (χ1n) is 8.52. The van der Waals surface area contributed by atoms with E-state index >= 15 is 0 Å². The number of ether oxygens (including phenoxy) is 1. The van der Waals surface area contributed by atoms with Gasteiger partial charge in [0.2, 0.25) is 0 Å². The molecule has 0 spiro atoms. The second-order valence-electron chi connectivity index (χ2n) is 5.89. The average molecular weight is 366 g/mol. The Hall–Kier alpha value is -2.86. The van der Waals surface area contributed by atoms with Crippen molar-refractivity contribution < 1.29 is 4.74 Å². The van der Waals surface area contributed by atoms with E-state index in [-0.39, 0.29) is 0 Å². The maximum atomic E-state index is 5.43. The van der Waals surface area contributed by atoms with Crippen LogP contribution in [-0.4, -0.2) is 21.5 Å². The lowest BCUT2D eigenvalue weighted by atomic mass is 10.1. The van der Waals surface area contributed by atoms with Crippen LogP contribution in [0.3, 0.4) is 0 Å². The first kappa shape index (κ1) is 17.9. The molecule has 0 unspecified atom stereocenters. The van der Waals surface area contributed by atoms with Crippen LogP contribution in [0.5, 0.6) is 5.75 Å². The van der Waals surface area contributed by atoms with Crippen molar-refractivity contribution in [3.63, 3.8) is 0 Å². The van der Waals surface area contributed by atoms with Crippen molar-refractivity contribution >= 4 is 28.7 Å². The first-order chi connectivity index (χ1) is 12.6. The van der Waals surface area contributed by atoms with Crippen molar-refractivity contribution in [2.45, 2.75) is 20.4 Å². The molecule has 0 radical (unpaired) electrons. The van der Waals surface area contributed by atoms with Crippen molar-refractivity contribution in [3.05, 3.63) is 72.1 Å². The number of nitrogens with one attached hydrogen (secondary N) is 2. The third-order valence-corrected chi connectivity index (χ3v) is 4.11. The lowest BCUT2D eigenvalue weighted by molar-refractivity contribution is 0.340. The standard InChI is InChI=1S/C20H22N4OS/c1-3-25-19-10-8-17(9-11-19)22-20(26)23-18-12-21-24(14-18)13-16-7-5-4-6-15(16)2/h4-12,14H,3,13H2,1-2H3,(H2,22,23,26). The summed E-state index contributed by atoms with van der Waals surface area (Å²) in [5.74, 6) is 0.842. The van der Waals surface area contributed by atoms with Crippen molar-refractivity contribution in [2.75, 3.05) is 17.2 Å². The summed E-state index contributed by atoms with van der Waals surface area (Å²) in [5, 5.41) is 11.2. The van der Waals surface area contributed by atoms with E-state index in [4.69, 9.17) is 17.0 Å². The molecule has 0 aliphatic rings. The van der Waals surface area contributed by atoms with Gasteiger partial charge in [-0.3, -0.25) is 4.68 Å². The molecule has 5 nitrogen and oxygen atoms in total. The molecule has 0 aliphatic heterocycles. The predicted molar refractivity (Wildman–Crippen MR) is 110 cm³/mol. The van der Waals surface area contributed by atoms with Gasteiger partial charge in [-0.15, -0.1) is 0 Å². The Balaban J connectivity index is 1.56. The van der Waals surface area contributed by atoms with Gasteiger partial charge in [-0.05, 0) is 61.5 Å². The summed E-state index contributed by atoms with van der Waals surface area (Å²) in [5.41, 5.74) is 4.25. The first-order valence-corrected chi connectivity index (χ1v) is 8.92. The number of hydrogen-bond acceptors (Lipinski definition) is 3. The molecule has 0 aliphatic carbocycles. The van der Waals surface area contributed by atoms with E-state index < -0.39 is 0 Å². The maximum absolute atomic E-state index is 5.43. The van der Waals surface area contributed by atoms with E-state index in [1.54, 1.807) is 6.20 Å². The number of thiocarbonyl (C=S) groups is 1. The topological polar surface area (TPSA) is 51.1 Å². The fourth-order valence-corrected chi connectivity index (χ4v) is 2.81. The minimum absolute atomic E-state index is 0.518. The summed E-state index contributed by atoms with van der Waals surface area (Å²) in [4.78, 5) is 0. The van der Waals surface area contributed by atoms with E-state index in [1.165, 1.54) is 11.1 Å². The SMILES string of the molecule is CCOc1ccc(NC(=S)Nc2cnn(Cc3ccccc3C)c2)cc1. The molecule has 0 saturated carbocycles. The molecule has 0 atom stereocenters. The zero-order valence-corrected chi connectivity index (χ0v) is 15.7.